The molecule has 1 aromatic rings. The van der Waals surface area contributed by atoms with Crippen molar-refractivity contribution >= 4 is 12.0 Å². The maximum absolute atomic E-state index is 12.4. The number of aliphatic hydroxyl groups excluding tert-OH is 1. The Morgan fingerprint density at radius 1 is 1.46 bits per heavy atom. The van der Waals surface area contributed by atoms with Crippen molar-refractivity contribution in [1.82, 2.24) is 9.88 Å². The Morgan fingerprint density at radius 2 is 2.12 bits per heavy atom. The summed E-state index contributed by atoms with van der Waals surface area (Å²) in [5.74, 6) is -0.194. The van der Waals surface area contributed by atoms with Crippen molar-refractivity contribution in [3.05, 3.63) is 28.6 Å². The van der Waals surface area contributed by atoms with Gasteiger partial charge in [0.1, 0.15) is 11.6 Å². The van der Waals surface area contributed by atoms with Crippen LogP contribution in [0.4, 0.5) is 0 Å². The summed E-state index contributed by atoms with van der Waals surface area (Å²) in [7, 11) is 0. The van der Waals surface area contributed by atoms with Crippen LogP contribution in [0.3, 0.4) is 0 Å². The van der Waals surface area contributed by atoms with Crippen LogP contribution in [-0.4, -0.2) is 28.2 Å². The minimum atomic E-state index is -0.384. The average molecular weight is 331 g/mol. The van der Waals surface area contributed by atoms with Gasteiger partial charge in [0.15, 0.2) is 0 Å². The second-order valence-electron chi connectivity index (χ2n) is 6.48. The maximum Gasteiger partial charge on any atom is 0.262 e. The second-order valence-corrected chi connectivity index (χ2v) is 6.48. The molecule has 0 aromatic carbocycles. The Bertz CT molecular complexity index is 636. The number of carbonyl (C=O) groups is 1. The fourth-order valence-electron chi connectivity index (χ4n) is 2.80. The van der Waals surface area contributed by atoms with Crippen molar-refractivity contribution in [1.29, 1.82) is 5.26 Å². The maximum atomic E-state index is 12.4. The molecule has 0 spiro atoms. The SMILES string of the molecule is CCCn1c(C)cc(/C=C(/C#N)C(=O)NC(CCO)C(C)C)c1C. The highest BCUT2D eigenvalue weighted by Crippen LogP contribution is 2.19. The molecule has 2 N–H and O–H groups in total. The third-order valence-electron chi connectivity index (χ3n) is 4.29. The van der Waals surface area contributed by atoms with E-state index in [1.807, 2.05) is 39.8 Å². The number of nitrogens with zero attached hydrogens (tertiary/aromatic N) is 2. The molecular formula is C19H29N3O2. The molecule has 0 saturated carbocycles. The summed E-state index contributed by atoms with van der Waals surface area (Å²) >= 11 is 0. The highest BCUT2D eigenvalue weighted by atomic mass is 16.3. The molecule has 5 nitrogen and oxygen atoms in total. The second kappa shape index (κ2) is 9.29. The summed E-state index contributed by atoms with van der Waals surface area (Å²) in [6, 6.07) is 3.86. The van der Waals surface area contributed by atoms with Gasteiger partial charge in [0.25, 0.3) is 5.91 Å². The minimum Gasteiger partial charge on any atom is -0.396 e. The lowest BCUT2D eigenvalue weighted by atomic mass is 10.0. The molecule has 0 bridgehead atoms. The van der Waals surface area contributed by atoms with E-state index < -0.39 is 0 Å². The molecule has 132 valence electrons. The molecule has 1 unspecified atom stereocenters. The normalized spacial score (nSPS) is 13.0. The summed E-state index contributed by atoms with van der Waals surface area (Å²) in [6.45, 7) is 11.0. The summed E-state index contributed by atoms with van der Waals surface area (Å²) in [5, 5.41) is 21.3. The van der Waals surface area contributed by atoms with E-state index in [9.17, 15) is 10.1 Å². The smallest absolute Gasteiger partial charge is 0.262 e. The Morgan fingerprint density at radius 3 is 2.62 bits per heavy atom. The lowest BCUT2D eigenvalue weighted by Gasteiger charge is -2.21. The van der Waals surface area contributed by atoms with E-state index in [4.69, 9.17) is 5.11 Å². The van der Waals surface area contributed by atoms with E-state index in [-0.39, 0.29) is 30.0 Å². The molecule has 0 radical (unpaired) electrons. The molecular weight excluding hydrogens is 302 g/mol. The van der Waals surface area contributed by atoms with E-state index in [1.165, 1.54) is 0 Å². The number of nitrogens with one attached hydrogen (secondary N) is 1. The van der Waals surface area contributed by atoms with Crippen LogP contribution in [0.15, 0.2) is 11.6 Å². The van der Waals surface area contributed by atoms with Gasteiger partial charge in [0.2, 0.25) is 0 Å². The van der Waals surface area contributed by atoms with Crippen molar-refractivity contribution in [3.63, 3.8) is 0 Å². The van der Waals surface area contributed by atoms with E-state index in [0.29, 0.717) is 6.42 Å². The van der Waals surface area contributed by atoms with E-state index >= 15 is 0 Å². The van der Waals surface area contributed by atoms with Gasteiger partial charge in [-0.3, -0.25) is 4.79 Å². The number of aromatic nitrogens is 1. The lowest BCUT2D eigenvalue weighted by Crippen LogP contribution is -2.39. The van der Waals surface area contributed by atoms with Crippen molar-refractivity contribution in [2.24, 2.45) is 5.92 Å². The van der Waals surface area contributed by atoms with Gasteiger partial charge in [0.05, 0.1) is 0 Å². The molecule has 0 aliphatic rings. The summed E-state index contributed by atoms with van der Waals surface area (Å²) < 4.78 is 2.20. The molecule has 0 saturated heterocycles. The molecule has 0 fully saturated rings. The van der Waals surface area contributed by atoms with Gasteiger partial charge in [0, 0.05) is 30.6 Å². The van der Waals surface area contributed by atoms with Gasteiger partial charge >= 0.3 is 0 Å². The molecule has 1 atom stereocenters. The van der Waals surface area contributed by atoms with Crippen LogP contribution in [0.25, 0.3) is 6.08 Å². The molecule has 1 aromatic heterocycles. The number of aliphatic hydroxyl groups is 1. The summed E-state index contributed by atoms with van der Waals surface area (Å²) in [5.41, 5.74) is 3.18. The number of carbonyl (C=O) groups excluding carboxylic acids is 1. The Hall–Kier alpha value is -2.06. The standard InChI is InChI=1S/C19H29N3O2/c1-6-8-22-14(4)10-16(15(22)5)11-17(12-20)19(24)21-18(7-9-23)13(2)3/h10-11,13,18,23H,6-9H2,1-5H3,(H,21,24)/b17-11-. The van der Waals surface area contributed by atoms with Crippen molar-refractivity contribution in [3.8, 4) is 6.07 Å². The van der Waals surface area contributed by atoms with Gasteiger partial charge in [-0.15, -0.1) is 0 Å². The van der Waals surface area contributed by atoms with E-state index in [0.717, 1.165) is 29.9 Å². The van der Waals surface area contributed by atoms with Gasteiger partial charge in [-0.05, 0) is 50.3 Å². The Kier molecular flexibility index (Phi) is 7.73. The Labute approximate surface area is 145 Å². The molecule has 5 heteroatoms. The van der Waals surface area contributed by atoms with Crippen LogP contribution >= 0.6 is 0 Å². The van der Waals surface area contributed by atoms with Crippen LogP contribution in [0, 0.1) is 31.1 Å². The molecule has 24 heavy (non-hydrogen) atoms. The highest BCUT2D eigenvalue weighted by Gasteiger charge is 2.19. The largest absolute Gasteiger partial charge is 0.396 e. The van der Waals surface area contributed by atoms with Crippen molar-refractivity contribution < 1.29 is 9.90 Å². The lowest BCUT2D eigenvalue weighted by molar-refractivity contribution is -0.118. The van der Waals surface area contributed by atoms with E-state index in [1.54, 1.807) is 6.08 Å². The molecule has 0 aliphatic heterocycles. The van der Waals surface area contributed by atoms with Crippen molar-refractivity contribution in [2.75, 3.05) is 6.61 Å². The fraction of sp³-hybridized carbons (Fsp3) is 0.579. The van der Waals surface area contributed by atoms with Crippen LogP contribution in [0.1, 0.15) is 50.6 Å². The van der Waals surface area contributed by atoms with Gasteiger partial charge in [-0.25, -0.2) is 0 Å². The topological polar surface area (TPSA) is 78.0 Å². The molecule has 1 amide bonds. The molecule has 1 heterocycles. The number of hydrogen-bond acceptors (Lipinski definition) is 3. The zero-order valence-corrected chi connectivity index (χ0v) is 15.4. The summed E-state index contributed by atoms with van der Waals surface area (Å²) in [4.78, 5) is 12.4. The predicted octanol–water partition coefficient (Wildman–Crippen LogP) is 2.95. The molecule has 1 rings (SSSR count). The minimum absolute atomic E-state index is 0.00684. The third kappa shape index (κ3) is 4.97. The summed E-state index contributed by atoms with van der Waals surface area (Å²) in [6.07, 6.45) is 3.16. The van der Waals surface area contributed by atoms with Crippen LogP contribution < -0.4 is 5.32 Å². The zero-order chi connectivity index (χ0) is 18.3. The fourth-order valence-corrected chi connectivity index (χ4v) is 2.80. The third-order valence-corrected chi connectivity index (χ3v) is 4.29. The number of amides is 1. The number of rotatable bonds is 8. The van der Waals surface area contributed by atoms with Crippen molar-refractivity contribution in [2.45, 2.75) is 60.0 Å². The molecule has 0 aliphatic carbocycles. The zero-order valence-electron chi connectivity index (χ0n) is 15.4. The van der Waals surface area contributed by atoms with Gasteiger partial charge in [-0.2, -0.15) is 5.26 Å². The van der Waals surface area contributed by atoms with Crippen LogP contribution in [-0.2, 0) is 11.3 Å². The predicted molar refractivity (Wildman–Crippen MR) is 96.3 cm³/mol. The van der Waals surface area contributed by atoms with Gasteiger partial charge < -0.3 is 15.0 Å². The first kappa shape index (κ1) is 20.0. The Balaban J connectivity index is 3.04. The first-order valence-electron chi connectivity index (χ1n) is 8.55. The first-order valence-corrected chi connectivity index (χ1v) is 8.55. The van der Waals surface area contributed by atoms with Crippen LogP contribution in [0.5, 0.6) is 0 Å². The number of nitriles is 1. The van der Waals surface area contributed by atoms with Crippen LogP contribution in [0.2, 0.25) is 0 Å². The number of hydrogen-bond donors (Lipinski definition) is 2. The highest BCUT2D eigenvalue weighted by molar-refractivity contribution is 6.02. The average Bonchev–Trinajstić information content (AvgIpc) is 2.79. The quantitative estimate of drug-likeness (QED) is 0.568. The first-order chi connectivity index (χ1) is 11.3. The monoisotopic (exact) mass is 331 g/mol. The van der Waals surface area contributed by atoms with E-state index in [2.05, 4.69) is 16.8 Å². The van der Waals surface area contributed by atoms with Gasteiger partial charge in [-0.1, -0.05) is 20.8 Å². The number of aryl methyl sites for hydroxylation is 1.